The van der Waals surface area contributed by atoms with Gasteiger partial charge in [0.2, 0.25) is 5.91 Å². The Kier molecular flexibility index (Phi) is 7.27. The molecule has 3 aromatic rings. The summed E-state index contributed by atoms with van der Waals surface area (Å²) < 4.78 is 11.4. The van der Waals surface area contributed by atoms with E-state index in [1.54, 1.807) is 48.5 Å². The third-order valence-corrected chi connectivity index (χ3v) is 4.49. The maximum atomic E-state index is 12.4. The highest BCUT2D eigenvalue weighted by Crippen LogP contribution is 2.22. The average molecular weight is 418 g/mol. The highest BCUT2D eigenvalue weighted by molar-refractivity contribution is 5.94. The van der Waals surface area contributed by atoms with E-state index in [9.17, 15) is 9.59 Å². The molecule has 6 heteroatoms. The minimum Gasteiger partial charge on any atom is -0.491 e. The van der Waals surface area contributed by atoms with E-state index in [0.717, 1.165) is 17.7 Å². The Morgan fingerprint density at radius 3 is 1.84 bits per heavy atom. The maximum Gasteiger partial charge on any atom is 0.251 e. The van der Waals surface area contributed by atoms with Gasteiger partial charge in [-0.25, -0.2) is 0 Å². The second kappa shape index (κ2) is 10.3. The second-order valence-electron chi connectivity index (χ2n) is 7.33. The fourth-order valence-corrected chi connectivity index (χ4v) is 2.93. The first-order chi connectivity index (χ1) is 14.9. The predicted molar refractivity (Wildman–Crippen MR) is 120 cm³/mol. The Bertz CT molecular complexity index is 1010. The molecule has 0 atom stereocenters. The van der Waals surface area contributed by atoms with E-state index in [4.69, 9.17) is 15.2 Å². The van der Waals surface area contributed by atoms with Gasteiger partial charge in [0.05, 0.1) is 6.10 Å². The van der Waals surface area contributed by atoms with E-state index >= 15 is 0 Å². The molecule has 0 fully saturated rings. The van der Waals surface area contributed by atoms with Crippen LogP contribution in [0.2, 0.25) is 0 Å². The molecule has 0 aromatic heterocycles. The Morgan fingerprint density at radius 1 is 0.806 bits per heavy atom. The van der Waals surface area contributed by atoms with Crippen LogP contribution in [0.1, 0.15) is 40.1 Å². The lowest BCUT2D eigenvalue weighted by Crippen LogP contribution is -2.25. The maximum absolute atomic E-state index is 12.4. The number of primary amides is 1. The molecular formula is C25H26N2O4. The molecule has 0 unspecified atom stereocenters. The Balaban J connectivity index is 1.48. The number of carbonyl (C=O) groups excluding carboxylic acids is 2. The van der Waals surface area contributed by atoms with Gasteiger partial charge in [-0.2, -0.15) is 0 Å². The Morgan fingerprint density at radius 2 is 1.32 bits per heavy atom. The molecule has 3 rings (SSSR count). The third kappa shape index (κ3) is 6.60. The van der Waals surface area contributed by atoms with E-state index in [1.165, 1.54) is 0 Å². The summed E-state index contributed by atoms with van der Waals surface area (Å²) in [6.07, 6.45) is 0.875. The largest absolute Gasteiger partial charge is 0.491 e. The molecule has 0 radical (unpaired) electrons. The fraction of sp³-hybridized carbons (Fsp3) is 0.200. The number of rotatable bonds is 9. The Labute approximate surface area is 182 Å². The van der Waals surface area contributed by atoms with Crippen molar-refractivity contribution in [2.75, 3.05) is 6.54 Å². The molecule has 0 heterocycles. The molecule has 160 valence electrons. The zero-order chi connectivity index (χ0) is 22.2. The third-order valence-electron chi connectivity index (χ3n) is 4.49. The number of ether oxygens (including phenoxy) is 2. The smallest absolute Gasteiger partial charge is 0.251 e. The first-order valence-electron chi connectivity index (χ1n) is 10.1. The number of hydrogen-bond acceptors (Lipinski definition) is 4. The van der Waals surface area contributed by atoms with Gasteiger partial charge in [0.15, 0.2) is 0 Å². The summed E-state index contributed by atoms with van der Waals surface area (Å²) in [6, 6.07) is 21.3. The molecule has 0 saturated heterocycles. The number of benzene rings is 3. The van der Waals surface area contributed by atoms with Crippen molar-refractivity contribution in [3.8, 4) is 17.2 Å². The minimum atomic E-state index is -0.487. The van der Waals surface area contributed by atoms with Crippen molar-refractivity contribution in [2.24, 2.45) is 5.73 Å². The molecule has 3 aromatic carbocycles. The SMILES string of the molecule is CC(C)Oc1ccc(CCNC(=O)c2ccc(Oc3ccc(C(N)=O)cc3)cc2)cc1. The van der Waals surface area contributed by atoms with Gasteiger partial charge in [-0.05, 0) is 86.5 Å². The molecule has 0 aliphatic carbocycles. The zero-order valence-corrected chi connectivity index (χ0v) is 17.6. The summed E-state index contributed by atoms with van der Waals surface area (Å²) in [4.78, 5) is 23.5. The van der Waals surface area contributed by atoms with Crippen LogP contribution in [0.15, 0.2) is 72.8 Å². The van der Waals surface area contributed by atoms with Crippen LogP contribution in [0.25, 0.3) is 0 Å². The highest BCUT2D eigenvalue weighted by Gasteiger charge is 2.07. The van der Waals surface area contributed by atoms with Crippen molar-refractivity contribution in [2.45, 2.75) is 26.4 Å². The van der Waals surface area contributed by atoms with E-state index in [2.05, 4.69) is 5.32 Å². The summed E-state index contributed by atoms with van der Waals surface area (Å²) in [7, 11) is 0. The zero-order valence-electron chi connectivity index (χ0n) is 17.6. The van der Waals surface area contributed by atoms with Gasteiger partial charge < -0.3 is 20.5 Å². The lowest BCUT2D eigenvalue weighted by Gasteiger charge is -2.10. The van der Waals surface area contributed by atoms with Crippen LogP contribution in [0.5, 0.6) is 17.2 Å². The molecule has 3 N–H and O–H groups in total. The van der Waals surface area contributed by atoms with Crippen LogP contribution < -0.4 is 20.5 Å². The van der Waals surface area contributed by atoms with Crippen molar-refractivity contribution < 1.29 is 19.1 Å². The number of amides is 2. The lowest BCUT2D eigenvalue weighted by atomic mass is 10.1. The van der Waals surface area contributed by atoms with Crippen LogP contribution in [0, 0.1) is 0 Å². The van der Waals surface area contributed by atoms with Gasteiger partial charge in [0, 0.05) is 17.7 Å². The molecule has 2 amide bonds. The van der Waals surface area contributed by atoms with E-state index < -0.39 is 5.91 Å². The van der Waals surface area contributed by atoms with Crippen molar-refractivity contribution in [3.05, 3.63) is 89.5 Å². The predicted octanol–water partition coefficient (Wildman–Crippen LogP) is 4.34. The summed E-state index contributed by atoms with van der Waals surface area (Å²) in [5, 5.41) is 2.93. The van der Waals surface area contributed by atoms with Gasteiger partial charge >= 0.3 is 0 Å². The Hall–Kier alpha value is -3.80. The fourth-order valence-electron chi connectivity index (χ4n) is 2.93. The minimum absolute atomic E-state index is 0.142. The van der Waals surface area contributed by atoms with Crippen molar-refractivity contribution in [1.29, 1.82) is 0 Å². The van der Waals surface area contributed by atoms with Crippen molar-refractivity contribution in [1.82, 2.24) is 5.32 Å². The monoisotopic (exact) mass is 418 g/mol. The topological polar surface area (TPSA) is 90.7 Å². The van der Waals surface area contributed by atoms with Crippen LogP contribution in [-0.4, -0.2) is 24.5 Å². The number of carbonyl (C=O) groups is 2. The van der Waals surface area contributed by atoms with Gasteiger partial charge in [-0.15, -0.1) is 0 Å². The quantitative estimate of drug-likeness (QED) is 0.541. The second-order valence-corrected chi connectivity index (χ2v) is 7.33. The summed E-state index contributed by atoms with van der Waals surface area (Å²) in [5.41, 5.74) is 7.32. The molecule has 0 aliphatic heterocycles. The molecule has 0 spiro atoms. The molecule has 31 heavy (non-hydrogen) atoms. The van der Waals surface area contributed by atoms with Crippen LogP contribution >= 0.6 is 0 Å². The summed E-state index contributed by atoms with van der Waals surface area (Å²) in [5.74, 6) is 1.38. The molecule has 0 bridgehead atoms. The van der Waals surface area contributed by atoms with Crippen molar-refractivity contribution >= 4 is 11.8 Å². The molecule has 0 saturated carbocycles. The standard InChI is InChI=1S/C25H26N2O4/c1-17(2)30-21-9-3-18(4-10-21)15-16-27-25(29)20-7-13-23(14-8-20)31-22-11-5-19(6-12-22)24(26)28/h3-14,17H,15-16H2,1-2H3,(H2,26,28)(H,27,29). The number of nitrogens with one attached hydrogen (secondary N) is 1. The first-order valence-corrected chi connectivity index (χ1v) is 10.1. The van der Waals surface area contributed by atoms with E-state index in [1.807, 2.05) is 38.1 Å². The van der Waals surface area contributed by atoms with Gasteiger partial charge in [-0.1, -0.05) is 12.1 Å². The number of nitrogens with two attached hydrogens (primary N) is 1. The number of hydrogen-bond donors (Lipinski definition) is 2. The van der Waals surface area contributed by atoms with Gasteiger partial charge in [0.25, 0.3) is 5.91 Å². The highest BCUT2D eigenvalue weighted by atomic mass is 16.5. The van der Waals surface area contributed by atoms with E-state index in [0.29, 0.717) is 29.2 Å². The van der Waals surface area contributed by atoms with E-state index in [-0.39, 0.29) is 12.0 Å². The summed E-state index contributed by atoms with van der Waals surface area (Å²) >= 11 is 0. The summed E-state index contributed by atoms with van der Waals surface area (Å²) in [6.45, 7) is 4.52. The van der Waals surface area contributed by atoms with Crippen molar-refractivity contribution in [3.63, 3.8) is 0 Å². The average Bonchev–Trinajstić information content (AvgIpc) is 2.75. The van der Waals surface area contributed by atoms with Crippen LogP contribution in [0.4, 0.5) is 0 Å². The molecule has 0 aliphatic rings. The normalized spacial score (nSPS) is 10.5. The first kappa shape index (κ1) is 21.9. The van der Waals surface area contributed by atoms with Crippen LogP contribution in [0.3, 0.4) is 0 Å². The lowest BCUT2D eigenvalue weighted by molar-refractivity contribution is 0.0952. The molecular weight excluding hydrogens is 392 g/mol. The molecule has 6 nitrogen and oxygen atoms in total. The van der Waals surface area contributed by atoms with Crippen LogP contribution in [-0.2, 0) is 6.42 Å². The van der Waals surface area contributed by atoms with Gasteiger partial charge in [-0.3, -0.25) is 9.59 Å². The van der Waals surface area contributed by atoms with Gasteiger partial charge in [0.1, 0.15) is 17.2 Å².